The fraction of sp³-hybridized carbons (Fsp3) is 0.300. The van der Waals surface area contributed by atoms with Crippen LogP contribution < -0.4 is 25.6 Å². The second-order valence-corrected chi connectivity index (χ2v) is 6.42. The molecule has 0 fully saturated rings. The van der Waals surface area contributed by atoms with Crippen LogP contribution in [-0.4, -0.2) is 13.2 Å². The summed E-state index contributed by atoms with van der Waals surface area (Å²) in [6, 6.07) is 8.86. The SMILES string of the molecule is COc1cc([C@@H]2C(C#N)=C(N)Oc3cc(C)oc(=O)c32)ccc1OC(C)C. The van der Waals surface area contributed by atoms with Crippen molar-refractivity contribution in [1.29, 1.82) is 5.26 Å². The standard InChI is InChI=1S/C20H20N2O5/c1-10(2)25-14-6-5-12(8-15(14)24-4)17-13(9-21)19(22)27-16-7-11(3)26-20(23)18(16)17/h5-8,10,17H,22H2,1-4H3/t17-/m1/s1. The van der Waals surface area contributed by atoms with E-state index in [-0.39, 0.29) is 28.9 Å². The minimum Gasteiger partial charge on any atom is -0.493 e. The average Bonchev–Trinajstić information content (AvgIpc) is 2.60. The Morgan fingerprint density at radius 2 is 2.00 bits per heavy atom. The summed E-state index contributed by atoms with van der Waals surface area (Å²) >= 11 is 0. The number of nitrogens with zero attached hydrogens (tertiary/aromatic N) is 1. The number of ether oxygens (including phenoxy) is 3. The Kier molecular flexibility index (Phi) is 4.82. The van der Waals surface area contributed by atoms with Crippen molar-refractivity contribution < 1.29 is 18.6 Å². The molecule has 1 aromatic carbocycles. The number of rotatable bonds is 4. The molecule has 2 aromatic rings. The maximum Gasteiger partial charge on any atom is 0.343 e. The van der Waals surface area contributed by atoms with Gasteiger partial charge in [0.25, 0.3) is 0 Å². The summed E-state index contributed by atoms with van der Waals surface area (Å²) in [4.78, 5) is 12.5. The van der Waals surface area contributed by atoms with Crippen molar-refractivity contribution in [2.75, 3.05) is 7.11 Å². The minimum atomic E-state index is -0.724. The average molecular weight is 368 g/mol. The molecule has 0 amide bonds. The van der Waals surface area contributed by atoms with Crippen molar-refractivity contribution >= 4 is 0 Å². The van der Waals surface area contributed by atoms with Crippen LogP contribution in [0.2, 0.25) is 0 Å². The van der Waals surface area contributed by atoms with Crippen LogP contribution in [0.1, 0.15) is 36.7 Å². The lowest BCUT2D eigenvalue weighted by molar-refractivity contribution is 0.230. The zero-order valence-electron chi connectivity index (χ0n) is 15.5. The van der Waals surface area contributed by atoms with Crippen LogP contribution in [0.4, 0.5) is 0 Å². The van der Waals surface area contributed by atoms with E-state index in [9.17, 15) is 10.1 Å². The Balaban J connectivity index is 2.21. The molecule has 0 aliphatic carbocycles. The number of hydrogen-bond donors (Lipinski definition) is 1. The minimum absolute atomic E-state index is 0.0335. The number of aryl methyl sites for hydroxylation is 1. The summed E-state index contributed by atoms with van der Waals surface area (Å²) in [6.07, 6.45) is -0.0335. The lowest BCUT2D eigenvalue weighted by Crippen LogP contribution is -2.26. The maximum absolute atomic E-state index is 12.5. The summed E-state index contributed by atoms with van der Waals surface area (Å²) < 4.78 is 21.9. The van der Waals surface area contributed by atoms with Gasteiger partial charge in [0, 0.05) is 6.07 Å². The molecule has 0 radical (unpaired) electrons. The van der Waals surface area contributed by atoms with Gasteiger partial charge in [-0.25, -0.2) is 4.79 Å². The van der Waals surface area contributed by atoms with Crippen molar-refractivity contribution in [2.24, 2.45) is 5.73 Å². The molecule has 1 aromatic heterocycles. The highest BCUT2D eigenvalue weighted by Gasteiger charge is 2.34. The molecule has 3 rings (SSSR count). The number of fused-ring (bicyclic) bond motifs is 1. The van der Waals surface area contributed by atoms with Crippen molar-refractivity contribution in [3.8, 4) is 23.3 Å². The first-order chi connectivity index (χ1) is 12.8. The Morgan fingerprint density at radius 1 is 1.26 bits per heavy atom. The third kappa shape index (κ3) is 3.34. The molecule has 27 heavy (non-hydrogen) atoms. The van der Waals surface area contributed by atoms with E-state index in [0.717, 1.165) is 0 Å². The molecule has 7 nitrogen and oxygen atoms in total. The lowest BCUT2D eigenvalue weighted by atomic mass is 9.84. The number of methoxy groups -OCH3 is 1. The predicted molar refractivity (Wildman–Crippen MR) is 97.8 cm³/mol. The maximum atomic E-state index is 12.5. The van der Waals surface area contributed by atoms with E-state index in [1.54, 1.807) is 31.2 Å². The van der Waals surface area contributed by atoms with Gasteiger partial charge in [0.05, 0.1) is 24.7 Å². The summed E-state index contributed by atoms with van der Waals surface area (Å²) in [5, 5.41) is 9.61. The first-order valence-electron chi connectivity index (χ1n) is 8.42. The van der Waals surface area contributed by atoms with Crippen LogP contribution in [0, 0.1) is 18.3 Å². The molecule has 140 valence electrons. The summed E-state index contributed by atoms with van der Waals surface area (Å²) in [5.41, 5.74) is 6.38. The molecular weight excluding hydrogens is 348 g/mol. The lowest BCUT2D eigenvalue weighted by Gasteiger charge is -2.25. The van der Waals surface area contributed by atoms with Gasteiger partial charge in [-0.15, -0.1) is 0 Å². The number of hydrogen-bond acceptors (Lipinski definition) is 7. The summed E-state index contributed by atoms with van der Waals surface area (Å²) in [7, 11) is 1.53. The van der Waals surface area contributed by atoms with Crippen LogP contribution in [0.25, 0.3) is 0 Å². The van der Waals surface area contributed by atoms with E-state index in [1.165, 1.54) is 7.11 Å². The molecule has 2 heterocycles. The smallest absolute Gasteiger partial charge is 0.343 e. The second-order valence-electron chi connectivity index (χ2n) is 6.42. The molecule has 0 unspecified atom stereocenters. The highest BCUT2D eigenvalue weighted by Crippen LogP contribution is 2.42. The fourth-order valence-electron chi connectivity index (χ4n) is 3.07. The number of benzene rings is 1. The first kappa shape index (κ1) is 18.4. The second kappa shape index (κ2) is 7.08. The Morgan fingerprint density at radius 3 is 2.63 bits per heavy atom. The van der Waals surface area contributed by atoms with Crippen LogP contribution in [-0.2, 0) is 0 Å². The quantitative estimate of drug-likeness (QED) is 0.884. The van der Waals surface area contributed by atoms with E-state index < -0.39 is 11.5 Å². The van der Waals surface area contributed by atoms with Gasteiger partial charge in [0.15, 0.2) is 11.5 Å². The molecule has 1 atom stereocenters. The van der Waals surface area contributed by atoms with E-state index in [0.29, 0.717) is 22.8 Å². The van der Waals surface area contributed by atoms with Crippen molar-refractivity contribution in [3.63, 3.8) is 0 Å². The van der Waals surface area contributed by atoms with Gasteiger partial charge >= 0.3 is 5.63 Å². The molecule has 1 aliphatic heterocycles. The van der Waals surface area contributed by atoms with Crippen LogP contribution >= 0.6 is 0 Å². The molecule has 1 aliphatic rings. The third-order valence-corrected chi connectivity index (χ3v) is 4.14. The highest BCUT2D eigenvalue weighted by atomic mass is 16.5. The van der Waals surface area contributed by atoms with Gasteiger partial charge in [-0.3, -0.25) is 0 Å². The normalized spacial score (nSPS) is 15.8. The van der Waals surface area contributed by atoms with Crippen molar-refractivity contribution in [2.45, 2.75) is 32.8 Å². The Bertz CT molecular complexity index is 1010. The zero-order chi connectivity index (χ0) is 19.7. The molecule has 7 heteroatoms. The summed E-state index contributed by atoms with van der Waals surface area (Å²) in [6.45, 7) is 5.46. The van der Waals surface area contributed by atoms with Gasteiger partial charge in [-0.1, -0.05) is 6.07 Å². The molecule has 2 N–H and O–H groups in total. The van der Waals surface area contributed by atoms with Gasteiger partial charge in [-0.2, -0.15) is 5.26 Å². The van der Waals surface area contributed by atoms with Gasteiger partial charge in [-0.05, 0) is 38.5 Å². The van der Waals surface area contributed by atoms with E-state index in [2.05, 4.69) is 0 Å². The monoisotopic (exact) mass is 368 g/mol. The topological polar surface area (TPSA) is 108 Å². The van der Waals surface area contributed by atoms with E-state index >= 15 is 0 Å². The van der Waals surface area contributed by atoms with Crippen molar-refractivity contribution in [1.82, 2.24) is 0 Å². The number of allylic oxidation sites excluding steroid dienone is 1. The van der Waals surface area contributed by atoms with Crippen LogP contribution in [0.15, 0.2) is 44.9 Å². The number of nitriles is 1. The van der Waals surface area contributed by atoms with Gasteiger partial charge < -0.3 is 24.4 Å². The van der Waals surface area contributed by atoms with E-state index in [4.69, 9.17) is 24.4 Å². The van der Waals surface area contributed by atoms with E-state index in [1.807, 2.05) is 19.9 Å². The third-order valence-electron chi connectivity index (χ3n) is 4.14. The van der Waals surface area contributed by atoms with Crippen LogP contribution in [0.5, 0.6) is 17.2 Å². The predicted octanol–water partition coefficient (Wildman–Crippen LogP) is 2.96. The number of nitrogens with two attached hydrogens (primary N) is 1. The van der Waals surface area contributed by atoms with Crippen LogP contribution in [0.3, 0.4) is 0 Å². The van der Waals surface area contributed by atoms with Crippen molar-refractivity contribution in [3.05, 3.63) is 63.0 Å². The highest BCUT2D eigenvalue weighted by molar-refractivity contribution is 5.57. The largest absolute Gasteiger partial charge is 0.493 e. The zero-order valence-corrected chi connectivity index (χ0v) is 15.5. The molecular formula is C20H20N2O5. The Hall–Kier alpha value is -3.40. The fourth-order valence-corrected chi connectivity index (χ4v) is 3.07. The van der Waals surface area contributed by atoms with Gasteiger partial charge in [0.2, 0.25) is 5.88 Å². The summed E-state index contributed by atoms with van der Waals surface area (Å²) in [5.74, 6) is 0.964. The molecule has 0 saturated heterocycles. The Labute approximate surface area is 156 Å². The molecule has 0 spiro atoms. The molecule has 0 bridgehead atoms. The molecule has 0 saturated carbocycles. The van der Waals surface area contributed by atoms with Gasteiger partial charge in [0.1, 0.15) is 23.2 Å². The first-order valence-corrected chi connectivity index (χ1v) is 8.42.